The summed E-state index contributed by atoms with van der Waals surface area (Å²) >= 11 is 0. The van der Waals surface area contributed by atoms with Crippen molar-refractivity contribution in [3.63, 3.8) is 0 Å². The normalized spacial score (nSPS) is 14.7. The number of aryl methyl sites for hydroxylation is 1. The van der Waals surface area contributed by atoms with Crippen LogP contribution in [0.3, 0.4) is 0 Å². The molecule has 0 aliphatic carbocycles. The third kappa shape index (κ3) is 3.88. The topological polar surface area (TPSA) is 71.3 Å². The molecule has 1 N–H and O–H groups in total. The molecule has 23 heavy (non-hydrogen) atoms. The molecule has 1 fully saturated rings. The molecule has 1 saturated heterocycles. The average Bonchev–Trinajstić information content (AvgIpc) is 3.08. The number of rotatable bonds is 5. The molecule has 6 heteroatoms. The highest BCUT2D eigenvalue weighted by molar-refractivity contribution is 5.93. The summed E-state index contributed by atoms with van der Waals surface area (Å²) in [6, 6.07) is 3.66. The van der Waals surface area contributed by atoms with E-state index in [-0.39, 0.29) is 5.91 Å². The van der Waals surface area contributed by atoms with Crippen LogP contribution in [-0.4, -0.2) is 33.9 Å². The van der Waals surface area contributed by atoms with Gasteiger partial charge in [-0.25, -0.2) is 4.98 Å². The second-order valence-corrected chi connectivity index (χ2v) is 5.72. The van der Waals surface area contributed by atoms with Crippen LogP contribution < -0.4 is 5.32 Å². The Morgan fingerprint density at radius 2 is 2.17 bits per heavy atom. The maximum Gasteiger partial charge on any atom is 0.272 e. The van der Waals surface area contributed by atoms with E-state index in [9.17, 15) is 4.79 Å². The van der Waals surface area contributed by atoms with Crippen LogP contribution >= 0.6 is 0 Å². The second-order valence-electron chi connectivity index (χ2n) is 5.72. The van der Waals surface area contributed by atoms with Crippen LogP contribution in [0.2, 0.25) is 0 Å². The average molecular weight is 314 g/mol. The first-order valence-electron chi connectivity index (χ1n) is 8.18. The Balaban J connectivity index is 1.63. The molecule has 2 aromatic rings. The summed E-state index contributed by atoms with van der Waals surface area (Å²) in [6.45, 7) is 4.23. The van der Waals surface area contributed by atoms with Gasteiger partial charge >= 0.3 is 0 Å². The van der Waals surface area contributed by atoms with Crippen LogP contribution in [-0.2, 0) is 13.0 Å². The van der Waals surface area contributed by atoms with Gasteiger partial charge in [0.15, 0.2) is 5.89 Å². The highest BCUT2D eigenvalue weighted by Gasteiger charge is 2.19. The molecule has 0 aromatic carbocycles. The molecule has 0 radical (unpaired) electrons. The molecule has 1 amide bonds. The Hall–Kier alpha value is -2.37. The van der Waals surface area contributed by atoms with E-state index in [4.69, 9.17) is 4.42 Å². The summed E-state index contributed by atoms with van der Waals surface area (Å²) in [5, 5.41) is 3.26. The van der Waals surface area contributed by atoms with E-state index in [1.165, 1.54) is 6.42 Å². The first-order valence-corrected chi connectivity index (χ1v) is 8.18. The second kappa shape index (κ2) is 7.26. The van der Waals surface area contributed by atoms with E-state index in [0.29, 0.717) is 12.2 Å². The fourth-order valence-corrected chi connectivity index (χ4v) is 2.70. The molecular weight excluding hydrogens is 292 g/mol. The van der Waals surface area contributed by atoms with Crippen molar-refractivity contribution in [1.29, 1.82) is 0 Å². The summed E-state index contributed by atoms with van der Waals surface area (Å²) < 4.78 is 5.32. The number of hydrogen-bond donors (Lipinski definition) is 1. The lowest BCUT2D eigenvalue weighted by Crippen LogP contribution is -2.36. The lowest BCUT2D eigenvalue weighted by Gasteiger charge is -2.26. The molecular formula is C17H22N4O2. The number of nitrogens with zero attached hydrogens (tertiary/aromatic N) is 3. The van der Waals surface area contributed by atoms with Gasteiger partial charge in [-0.3, -0.25) is 9.78 Å². The zero-order valence-corrected chi connectivity index (χ0v) is 13.4. The van der Waals surface area contributed by atoms with Gasteiger partial charge in [-0.2, -0.15) is 0 Å². The van der Waals surface area contributed by atoms with Crippen LogP contribution in [0.15, 0.2) is 29.0 Å². The molecule has 0 spiro atoms. The molecule has 0 bridgehead atoms. The van der Waals surface area contributed by atoms with Gasteiger partial charge in [-0.15, -0.1) is 0 Å². The van der Waals surface area contributed by atoms with E-state index in [1.54, 1.807) is 18.5 Å². The molecule has 0 saturated carbocycles. The molecule has 0 unspecified atom stereocenters. The number of aromatic nitrogens is 2. The Labute approximate surface area is 135 Å². The van der Waals surface area contributed by atoms with Crippen molar-refractivity contribution >= 4 is 11.6 Å². The number of carbonyl (C=O) groups excluding carboxylic acids is 1. The highest BCUT2D eigenvalue weighted by Crippen LogP contribution is 2.15. The number of oxazole rings is 1. The van der Waals surface area contributed by atoms with Crippen molar-refractivity contribution in [2.24, 2.45) is 0 Å². The quantitative estimate of drug-likeness (QED) is 0.919. The minimum atomic E-state index is 0.0167. The Bertz CT molecular complexity index is 662. The molecule has 1 aliphatic heterocycles. The summed E-state index contributed by atoms with van der Waals surface area (Å²) in [6.07, 6.45) is 7.47. The lowest BCUT2D eigenvalue weighted by atomic mass is 10.1. The molecule has 0 atom stereocenters. The molecule has 1 aliphatic rings. The van der Waals surface area contributed by atoms with Gasteiger partial charge in [0, 0.05) is 31.4 Å². The van der Waals surface area contributed by atoms with Gasteiger partial charge < -0.3 is 14.6 Å². The van der Waals surface area contributed by atoms with E-state index in [0.717, 1.165) is 49.6 Å². The summed E-state index contributed by atoms with van der Waals surface area (Å²) in [5.41, 5.74) is 2.20. The molecule has 6 nitrogen and oxygen atoms in total. The predicted molar refractivity (Wildman–Crippen MR) is 87.2 cm³/mol. The number of amides is 1. The van der Waals surface area contributed by atoms with Gasteiger partial charge in [0.25, 0.3) is 5.91 Å². The minimum absolute atomic E-state index is 0.0167. The van der Waals surface area contributed by atoms with Crippen molar-refractivity contribution in [2.75, 3.05) is 18.4 Å². The van der Waals surface area contributed by atoms with Gasteiger partial charge in [-0.1, -0.05) is 6.92 Å². The van der Waals surface area contributed by atoms with Crippen molar-refractivity contribution < 1.29 is 9.21 Å². The molecule has 122 valence electrons. The Morgan fingerprint density at radius 3 is 2.91 bits per heavy atom. The molecule has 3 heterocycles. The van der Waals surface area contributed by atoms with Crippen molar-refractivity contribution in [1.82, 2.24) is 14.9 Å². The maximum atomic E-state index is 12.5. The third-order valence-corrected chi connectivity index (χ3v) is 4.00. The van der Waals surface area contributed by atoms with E-state index >= 15 is 0 Å². The lowest BCUT2D eigenvalue weighted by molar-refractivity contribution is 0.0718. The minimum Gasteiger partial charge on any atom is -0.449 e. The van der Waals surface area contributed by atoms with Crippen molar-refractivity contribution in [2.45, 2.75) is 39.2 Å². The largest absolute Gasteiger partial charge is 0.449 e. The SMILES string of the molecule is CCc1nc(CNc2ccnc(C(=O)N3CCCCC3)c2)co1. The number of anilines is 1. The van der Waals surface area contributed by atoms with Gasteiger partial charge in [-0.05, 0) is 31.4 Å². The zero-order chi connectivity index (χ0) is 16.1. The number of piperidine rings is 1. The highest BCUT2D eigenvalue weighted by atomic mass is 16.3. The Morgan fingerprint density at radius 1 is 1.35 bits per heavy atom. The fraction of sp³-hybridized carbons (Fsp3) is 0.471. The first-order chi connectivity index (χ1) is 11.3. The van der Waals surface area contributed by atoms with E-state index < -0.39 is 0 Å². The summed E-state index contributed by atoms with van der Waals surface area (Å²) in [7, 11) is 0. The maximum absolute atomic E-state index is 12.5. The van der Waals surface area contributed by atoms with Gasteiger partial charge in [0.05, 0.1) is 12.2 Å². The first kappa shape index (κ1) is 15.5. The van der Waals surface area contributed by atoms with E-state index in [2.05, 4.69) is 15.3 Å². The van der Waals surface area contributed by atoms with Crippen LogP contribution in [0.25, 0.3) is 0 Å². The van der Waals surface area contributed by atoms with Crippen LogP contribution in [0.4, 0.5) is 5.69 Å². The van der Waals surface area contributed by atoms with Crippen LogP contribution in [0.1, 0.15) is 48.3 Å². The van der Waals surface area contributed by atoms with Crippen molar-refractivity contribution in [3.05, 3.63) is 41.9 Å². The molecule has 2 aromatic heterocycles. The Kier molecular flexibility index (Phi) is 4.90. The standard InChI is InChI=1S/C17H22N4O2/c1-2-16-20-14(12-23-16)11-19-13-6-7-18-15(10-13)17(22)21-8-4-3-5-9-21/h6-7,10,12H,2-5,8-9,11H2,1H3,(H,18,19). The van der Waals surface area contributed by atoms with Gasteiger partial charge in [0.2, 0.25) is 0 Å². The number of hydrogen-bond acceptors (Lipinski definition) is 5. The predicted octanol–water partition coefficient (Wildman–Crippen LogP) is 2.87. The number of pyridine rings is 1. The monoisotopic (exact) mass is 314 g/mol. The fourth-order valence-electron chi connectivity index (χ4n) is 2.70. The van der Waals surface area contributed by atoms with Crippen LogP contribution in [0.5, 0.6) is 0 Å². The van der Waals surface area contributed by atoms with E-state index in [1.807, 2.05) is 17.9 Å². The summed E-state index contributed by atoms with van der Waals surface area (Å²) in [5.74, 6) is 0.751. The summed E-state index contributed by atoms with van der Waals surface area (Å²) in [4.78, 5) is 22.9. The molecule has 3 rings (SSSR count). The number of likely N-dealkylation sites (tertiary alicyclic amines) is 1. The van der Waals surface area contributed by atoms with Crippen LogP contribution in [0, 0.1) is 0 Å². The third-order valence-electron chi connectivity index (χ3n) is 4.00. The van der Waals surface area contributed by atoms with Gasteiger partial charge in [0.1, 0.15) is 12.0 Å². The zero-order valence-electron chi connectivity index (χ0n) is 13.4. The number of nitrogens with one attached hydrogen (secondary N) is 1. The number of carbonyl (C=O) groups is 1. The smallest absolute Gasteiger partial charge is 0.272 e. The van der Waals surface area contributed by atoms with Crippen molar-refractivity contribution in [3.8, 4) is 0 Å².